The molecule has 1 aliphatic heterocycles. The number of benzene rings is 1. The first-order chi connectivity index (χ1) is 13.3. The number of furan rings is 1. The van der Waals surface area contributed by atoms with Crippen molar-refractivity contribution in [3.8, 4) is 0 Å². The van der Waals surface area contributed by atoms with Crippen LogP contribution in [0, 0.1) is 0 Å². The van der Waals surface area contributed by atoms with Crippen molar-refractivity contribution in [1.29, 1.82) is 0 Å². The molecular weight excluding hydrogens is 386 g/mol. The van der Waals surface area contributed by atoms with Gasteiger partial charge in [-0.2, -0.15) is 4.31 Å². The molecule has 9 nitrogen and oxygen atoms in total. The summed E-state index contributed by atoms with van der Waals surface area (Å²) in [5.41, 5.74) is 6.60. The van der Waals surface area contributed by atoms with Gasteiger partial charge in [-0.05, 0) is 29.8 Å². The third kappa shape index (κ3) is 4.24. The van der Waals surface area contributed by atoms with Crippen molar-refractivity contribution in [2.75, 3.05) is 33.3 Å². The Bertz CT molecular complexity index is 959. The number of esters is 1. The van der Waals surface area contributed by atoms with E-state index in [2.05, 4.69) is 9.64 Å². The maximum Gasteiger partial charge on any atom is 0.337 e. The van der Waals surface area contributed by atoms with Gasteiger partial charge in [0, 0.05) is 32.7 Å². The van der Waals surface area contributed by atoms with Gasteiger partial charge < -0.3 is 14.9 Å². The Balaban J connectivity index is 1.59. The van der Waals surface area contributed by atoms with Crippen LogP contribution >= 0.6 is 0 Å². The minimum atomic E-state index is -3.81. The highest BCUT2D eigenvalue weighted by Crippen LogP contribution is 2.21. The van der Waals surface area contributed by atoms with Gasteiger partial charge in [0.1, 0.15) is 0 Å². The normalized spacial score (nSPS) is 16.0. The number of hydrogen-bond donors (Lipinski definition) is 1. The Morgan fingerprint density at radius 2 is 1.71 bits per heavy atom. The number of rotatable bonds is 6. The van der Waals surface area contributed by atoms with E-state index in [9.17, 15) is 18.0 Å². The Labute approximate surface area is 162 Å². The van der Waals surface area contributed by atoms with Crippen LogP contribution in [-0.4, -0.2) is 62.8 Å². The molecule has 0 radical (unpaired) electrons. The van der Waals surface area contributed by atoms with E-state index < -0.39 is 15.9 Å². The van der Waals surface area contributed by atoms with Crippen LogP contribution in [0.3, 0.4) is 0 Å². The van der Waals surface area contributed by atoms with Crippen molar-refractivity contribution in [2.45, 2.75) is 11.6 Å². The lowest BCUT2D eigenvalue weighted by molar-refractivity contribution is 0.0600. The predicted octanol–water partition coefficient (Wildman–Crippen LogP) is 0.672. The molecular formula is C18H21N3O6S. The first kappa shape index (κ1) is 20.1. The molecule has 2 N–H and O–H groups in total. The number of hydrogen-bond acceptors (Lipinski definition) is 7. The summed E-state index contributed by atoms with van der Waals surface area (Å²) in [5, 5.41) is -0.284. The molecule has 2 heterocycles. The average Bonchev–Trinajstić information content (AvgIpc) is 3.20. The molecule has 0 saturated carbocycles. The zero-order chi connectivity index (χ0) is 20.3. The van der Waals surface area contributed by atoms with E-state index in [-0.39, 0.29) is 16.8 Å². The summed E-state index contributed by atoms with van der Waals surface area (Å²) in [6.07, 6.45) is 0. The molecule has 0 bridgehead atoms. The number of nitrogens with zero attached hydrogens (tertiary/aromatic N) is 2. The average molecular weight is 407 g/mol. The number of sulfonamides is 1. The van der Waals surface area contributed by atoms with E-state index in [0.717, 1.165) is 5.56 Å². The van der Waals surface area contributed by atoms with Crippen LogP contribution in [0.1, 0.15) is 26.5 Å². The number of piperazine rings is 1. The van der Waals surface area contributed by atoms with Crippen LogP contribution in [0.4, 0.5) is 0 Å². The molecule has 0 unspecified atom stereocenters. The van der Waals surface area contributed by atoms with Crippen LogP contribution in [-0.2, 0) is 21.3 Å². The molecule has 1 amide bonds. The Hall–Kier alpha value is -2.69. The molecule has 1 fully saturated rings. The fraction of sp³-hybridized carbons (Fsp3) is 0.333. The van der Waals surface area contributed by atoms with Crippen molar-refractivity contribution in [3.63, 3.8) is 0 Å². The molecule has 0 aliphatic carbocycles. The summed E-state index contributed by atoms with van der Waals surface area (Å²) in [6.45, 7) is 2.33. The number of amides is 1. The van der Waals surface area contributed by atoms with Gasteiger partial charge in [-0.3, -0.25) is 9.69 Å². The van der Waals surface area contributed by atoms with Crippen molar-refractivity contribution in [3.05, 3.63) is 53.3 Å². The number of carbonyl (C=O) groups is 2. The van der Waals surface area contributed by atoms with Gasteiger partial charge in [-0.15, -0.1) is 0 Å². The van der Waals surface area contributed by atoms with Crippen LogP contribution in [0.2, 0.25) is 0 Å². The lowest BCUT2D eigenvalue weighted by Crippen LogP contribution is -2.48. The van der Waals surface area contributed by atoms with Crippen molar-refractivity contribution >= 4 is 21.9 Å². The standard InChI is InChI=1S/C18H21N3O6S/c1-26-18(23)14-4-2-13(3-5-14)12-20-8-10-21(11-9-20)28(24,25)16-7-6-15(27-16)17(19)22/h2-7H,8-12H2,1H3,(H2,19,22). The van der Waals surface area contributed by atoms with E-state index in [0.29, 0.717) is 38.3 Å². The summed E-state index contributed by atoms with van der Waals surface area (Å²) in [4.78, 5) is 24.7. The number of methoxy groups -OCH3 is 1. The van der Waals surface area contributed by atoms with Gasteiger partial charge in [-0.1, -0.05) is 12.1 Å². The van der Waals surface area contributed by atoms with E-state index >= 15 is 0 Å². The quantitative estimate of drug-likeness (QED) is 0.698. The van der Waals surface area contributed by atoms with Gasteiger partial charge in [0.15, 0.2) is 5.76 Å². The highest BCUT2D eigenvalue weighted by atomic mass is 32.2. The molecule has 1 aromatic heterocycles. The summed E-state index contributed by atoms with van der Waals surface area (Å²) in [7, 11) is -2.47. The van der Waals surface area contributed by atoms with Gasteiger partial charge in [-0.25, -0.2) is 13.2 Å². The van der Waals surface area contributed by atoms with Gasteiger partial charge >= 0.3 is 5.97 Å². The third-order valence-electron chi connectivity index (χ3n) is 4.53. The lowest BCUT2D eigenvalue weighted by Gasteiger charge is -2.33. The number of carbonyl (C=O) groups excluding carboxylic acids is 2. The lowest BCUT2D eigenvalue weighted by atomic mass is 10.1. The summed E-state index contributed by atoms with van der Waals surface area (Å²) >= 11 is 0. The van der Waals surface area contributed by atoms with Gasteiger partial charge in [0.05, 0.1) is 12.7 Å². The Morgan fingerprint density at radius 1 is 1.07 bits per heavy atom. The SMILES string of the molecule is COC(=O)c1ccc(CN2CCN(S(=O)(=O)c3ccc(C(N)=O)o3)CC2)cc1. The second-order valence-electron chi connectivity index (χ2n) is 6.35. The van der Waals surface area contributed by atoms with E-state index in [1.165, 1.54) is 23.5 Å². The van der Waals surface area contributed by atoms with Crippen molar-refractivity contribution < 1.29 is 27.2 Å². The molecule has 0 spiro atoms. The number of primary amides is 1. The van der Waals surface area contributed by atoms with Crippen LogP contribution < -0.4 is 5.73 Å². The minimum absolute atomic E-state index is 0.187. The minimum Gasteiger partial charge on any atom is -0.465 e. The van der Waals surface area contributed by atoms with Crippen LogP contribution in [0.15, 0.2) is 45.9 Å². The van der Waals surface area contributed by atoms with E-state index in [4.69, 9.17) is 10.2 Å². The fourth-order valence-electron chi connectivity index (χ4n) is 2.97. The van der Waals surface area contributed by atoms with E-state index in [1.807, 2.05) is 12.1 Å². The zero-order valence-electron chi connectivity index (χ0n) is 15.3. The molecule has 10 heteroatoms. The molecule has 2 aromatic rings. The zero-order valence-corrected chi connectivity index (χ0v) is 16.1. The Kier molecular flexibility index (Phi) is 5.82. The topological polar surface area (TPSA) is 123 Å². The molecule has 1 aliphatic rings. The Morgan fingerprint density at radius 3 is 2.25 bits per heavy atom. The van der Waals surface area contributed by atoms with Crippen LogP contribution in [0.5, 0.6) is 0 Å². The predicted molar refractivity (Wildman–Crippen MR) is 99.0 cm³/mol. The fourth-order valence-corrected chi connectivity index (χ4v) is 4.30. The highest BCUT2D eigenvalue weighted by molar-refractivity contribution is 7.89. The maximum absolute atomic E-state index is 12.6. The molecule has 150 valence electrons. The summed E-state index contributed by atoms with van der Waals surface area (Å²) in [6, 6.07) is 9.60. The molecule has 0 atom stereocenters. The highest BCUT2D eigenvalue weighted by Gasteiger charge is 2.31. The molecule has 28 heavy (non-hydrogen) atoms. The second-order valence-corrected chi connectivity index (χ2v) is 8.22. The first-order valence-electron chi connectivity index (χ1n) is 8.60. The largest absolute Gasteiger partial charge is 0.465 e. The van der Waals surface area contributed by atoms with E-state index in [1.54, 1.807) is 12.1 Å². The number of ether oxygens (including phenoxy) is 1. The monoisotopic (exact) mass is 407 g/mol. The van der Waals surface area contributed by atoms with Crippen molar-refractivity contribution in [2.24, 2.45) is 5.73 Å². The van der Waals surface area contributed by atoms with Crippen molar-refractivity contribution in [1.82, 2.24) is 9.21 Å². The van der Waals surface area contributed by atoms with Gasteiger partial charge in [0.2, 0.25) is 5.09 Å². The second kappa shape index (κ2) is 8.13. The molecule has 1 aromatic carbocycles. The van der Waals surface area contributed by atoms with Gasteiger partial charge in [0.25, 0.3) is 15.9 Å². The summed E-state index contributed by atoms with van der Waals surface area (Å²) in [5.74, 6) is -1.39. The first-order valence-corrected chi connectivity index (χ1v) is 10.0. The molecule has 3 rings (SSSR count). The molecule has 1 saturated heterocycles. The van der Waals surface area contributed by atoms with Crippen LogP contribution in [0.25, 0.3) is 0 Å². The number of nitrogens with two attached hydrogens (primary N) is 1. The third-order valence-corrected chi connectivity index (χ3v) is 6.30. The summed E-state index contributed by atoms with van der Waals surface area (Å²) < 4.78 is 36.3. The smallest absolute Gasteiger partial charge is 0.337 e. The maximum atomic E-state index is 12.6.